The summed E-state index contributed by atoms with van der Waals surface area (Å²) in [7, 11) is 0. The highest BCUT2D eigenvalue weighted by atomic mass is 16.3. The van der Waals surface area contributed by atoms with E-state index in [1.54, 1.807) is 21.7 Å². The van der Waals surface area contributed by atoms with Crippen molar-refractivity contribution in [1.29, 1.82) is 0 Å². The molecule has 5 nitrogen and oxygen atoms in total. The van der Waals surface area contributed by atoms with E-state index < -0.39 is 5.60 Å². The third-order valence-electron chi connectivity index (χ3n) is 4.89. The number of aromatic nitrogens is 1. The van der Waals surface area contributed by atoms with Gasteiger partial charge in [-0.1, -0.05) is 0 Å². The molecule has 0 unspecified atom stereocenters. The molecule has 1 saturated carbocycles. The van der Waals surface area contributed by atoms with Crippen molar-refractivity contribution in [3.05, 3.63) is 34.2 Å². The third-order valence-corrected chi connectivity index (χ3v) is 4.89. The summed E-state index contributed by atoms with van der Waals surface area (Å²) < 4.78 is 1.58. The number of nitrogens with zero attached hydrogens (tertiary/aromatic N) is 2. The average Bonchev–Trinajstić information content (AvgIpc) is 3.26. The van der Waals surface area contributed by atoms with Crippen molar-refractivity contribution >= 4 is 5.91 Å². The molecule has 1 aromatic heterocycles. The number of carbonyl (C=O) groups excluding carboxylic acids is 1. The Morgan fingerprint density at radius 2 is 2.05 bits per heavy atom. The molecule has 2 heterocycles. The first-order valence-electron chi connectivity index (χ1n) is 7.75. The number of piperidine rings is 1. The van der Waals surface area contributed by atoms with E-state index in [2.05, 4.69) is 0 Å². The molecule has 0 aromatic carbocycles. The molecule has 5 heteroatoms. The second-order valence-electron chi connectivity index (χ2n) is 6.21. The summed E-state index contributed by atoms with van der Waals surface area (Å²) in [5.41, 5.74) is -0.115. The van der Waals surface area contributed by atoms with Gasteiger partial charge >= 0.3 is 0 Å². The standard InChI is InChI=1S/C16H22N2O3/c1-2-17-8-3-12(11-14(17)19)15(20)18-9-4-13(5-10-18)16(21)6-7-16/h3,8,11,13,21H,2,4-7,9-10H2,1H3. The highest BCUT2D eigenvalue weighted by Gasteiger charge is 2.48. The van der Waals surface area contributed by atoms with E-state index in [0.29, 0.717) is 31.1 Å². The van der Waals surface area contributed by atoms with Crippen LogP contribution < -0.4 is 5.56 Å². The second-order valence-corrected chi connectivity index (χ2v) is 6.21. The highest BCUT2D eigenvalue weighted by Crippen LogP contribution is 2.46. The molecule has 1 saturated heterocycles. The van der Waals surface area contributed by atoms with E-state index in [9.17, 15) is 14.7 Å². The summed E-state index contributed by atoms with van der Waals surface area (Å²) in [6.07, 6.45) is 5.19. The summed E-state index contributed by atoms with van der Waals surface area (Å²) in [6, 6.07) is 3.14. The average molecular weight is 290 g/mol. The predicted octanol–water partition coefficient (Wildman–Crippen LogP) is 1.25. The van der Waals surface area contributed by atoms with Gasteiger partial charge < -0.3 is 14.6 Å². The van der Waals surface area contributed by atoms with Crippen LogP contribution in [0.15, 0.2) is 23.1 Å². The van der Waals surface area contributed by atoms with Crippen LogP contribution >= 0.6 is 0 Å². The Balaban J connectivity index is 1.66. The topological polar surface area (TPSA) is 62.5 Å². The number of hydrogen-bond acceptors (Lipinski definition) is 3. The van der Waals surface area contributed by atoms with Crippen LogP contribution in [-0.4, -0.2) is 39.2 Å². The van der Waals surface area contributed by atoms with Crippen LogP contribution in [0.1, 0.15) is 43.0 Å². The molecule has 1 aliphatic heterocycles. The lowest BCUT2D eigenvalue weighted by Gasteiger charge is -2.34. The minimum atomic E-state index is -0.448. The predicted molar refractivity (Wildman–Crippen MR) is 79.2 cm³/mol. The number of carbonyl (C=O) groups is 1. The highest BCUT2D eigenvalue weighted by molar-refractivity contribution is 5.94. The van der Waals surface area contributed by atoms with Gasteiger partial charge in [0.2, 0.25) is 0 Å². The minimum Gasteiger partial charge on any atom is -0.390 e. The smallest absolute Gasteiger partial charge is 0.254 e. The van der Waals surface area contributed by atoms with Gasteiger partial charge in [0.05, 0.1) is 5.60 Å². The van der Waals surface area contributed by atoms with Crippen LogP contribution in [0, 0.1) is 5.92 Å². The Bertz CT molecular complexity index is 596. The molecule has 0 radical (unpaired) electrons. The Labute approximate surface area is 124 Å². The zero-order valence-corrected chi connectivity index (χ0v) is 12.4. The Hall–Kier alpha value is -1.62. The maximum atomic E-state index is 12.4. The lowest BCUT2D eigenvalue weighted by molar-refractivity contribution is 0.0340. The second kappa shape index (κ2) is 5.30. The third kappa shape index (κ3) is 2.75. The maximum Gasteiger partial charge on any atom is 0.254 e. The molecule has 2 fully saturated rings. The SMILES string of the molecule is CCn1ccc(C(=O)N2CCC(C3(O)CC3)CC2)cc1=O. The summed E-state index contributed by atoms with van der Waals surface area (Å²) in [6.45, 7) is 3.85. The molecule has 1 amide bonds. The molecule has 0 bridgehead atoms. The molecule has 3 rings (SSSR count). The lowest BCUT2D eigenvalue weighted by Crippen LogP contribution is -2.42. The number of pyridine rings is 1. The Morgan fingerprint density at radius 1 is 1.38 bits per heavy atom. The first kappa shape index (κ1) is 14.3. The van der Waals surface area contributed by atoms with Crippen molar-refractivity contribution in [3.63, 3.8) is 0 Å². The van der Waals surface area contributed by atoms with Crippen molar-refractivity contribution in [2.75, 3.05) is 13.1 Å². The minimum absolute atomic E-state index is 0.0726. The van der Waals surface area contributed by atoms with Crippen molar-refractivity contribution in [1.82, 2.24) is 9.47 Å². The van der Waals surface area contributed by atoms with Gasteiger partial charge in [-0.2, -0.15) is 0 Å². The van der Waals surface area contributed by atoms with Gasteiger partial charge in [0.1, 0.15) is 0 Å². The fourth-order valence-electron chi connectivity index (χ4n) is 3.24. The van der Waals surface area contributed by atoms with E-state index in [1.165, 1.54) is 6.07 Å². The number of rotatable bonds is 3. The monoisotopic (exact) mass is 290 g/mol. The van der Waals surface area contributed by atoms with Crippen LogP contribution in [0.25, 0.3) is 0 Å². The number of aryl methyl sites for hydroxylation is 1. The van der Waals surface area contributed by atoms with Crippen LogP contribution in [0.3, 0.4) is 0 Å². The van der Waals surface area contributed by atoms with Gasteiger partial charge in [-0.25, -0.2) is 0 Å². The molecule has 21 heavy (non-hydrogen) atoms. The van der Waals surface area contributed by atoms with E-state index in [-0.39, 0.29) is 11.5 Å². The first-order chi connectivity index (χ1) is 10.0. The van der Waals surface area contributed by atoms with Gasteiger partial charge in [-0.3, -0.25) is 9.59 Å². The van der Waals surface area contributed by atoms with E-state index >= 15 is 0 Å². The molecule has 1 aliphatic carbocycles. The largest absolute Gasteiger partial charge is 0.390 e. The van der Waals surface area contributed by atoms with E-state index in [0.717, 1.165) is 25.7 Å². The molecular weight excluding hydrogens is 268 g/mol. The molecule has 0 spiro atoms. The van der Waals surface area contributed by atoms with Crippen molar-refractivity contribution in [2.24, 2.45) is 5.92 Å². The van der Waals surface area contributed by atoms with E-state index in [4.69, 9.17) is 0 Å². The van der Waals surface area contributed by atoms with Crippen LogP contribution in [0.2, 0.25) is 0 Å². The van der Waals surface area contributed by atoms with Gasteiger partial charge in [-0.05, 0) is 44.6 Å². The summed E-state index contributed by atoms with van der Waals surface area (Å²) >= 11 is 0. The number of likely N-dealkylation sites (tertiary alicyclic amines) is 1. The lowest BCUT2D eigenvalue weighted by atomic mass is 9.89. The Kier molecular flexibility index (Phi) is 3.61. The molecule has 114 valence electrons. The number of amides is 1. The Morgan fingerprint density at radius 3 is 2.57 bits per heavy atom. The van der Waals surface area contributed by atoms with Gasteiger partial charge in [0.25, 0.3) is 11.5 Å². The fourth-order valence-corrected chi connectivity index (χ4v) is 3.24. The van der Waals surface area contributed by atoms with Gasteiger partial charge in [-0.15, -0.1) is 0 Å². The summed E-state index contributed by atoms with van der Waals surface area (Å²) in [4.78, 5) is 26.0. The molecule has 0 atom stereocenters. The zero-order valence-electron chi connectivity index (χ0n) is 12.4. The molecular formula is C16H22N2O3. The quantitative estimate of drug-likeness (QED) is 0.911. The van der Waals surface area contributed by atoms with Crippen molar-refractivity contribution in [3.8, 4) is 0 Å². The zero-order chi connectivity index (χ0) is 15.0. The van der Waals surface area contributed by atoms with Crippen LogP contribution in [0.5, 0.6) is 0 Å². The van der Waals surface area contributed by atoms with E-state index in [1.807, 2.05) is 6.92 Å². The van der Waals surface area contributed by atoms with Gasteiger partial charge in [0.15, 0.2) is 0 Å². The van der Waals surface area contributed by atoms with Gasteiger partial charge in [0, 0.05) is 37.5 Å². The normalized spacial score (nSPS) is 21.3. The molecule has 2 aliphatic rings. The van der Waals surface area contributed by atoms with Crippen LogP contribution in [-0.2, 0) is 6.54 Å². The van der Waals surface area contributed by atoms with Crippen molar-refractivity contribution in [2.45, 2.75) is 44.8 Å². The number of hydrogen-bond donors (Lipinski definition) is 1. The summed E-state index contributed by atoms with van der Waals surface area (Å²) in [5.74, 6) is 0.256. The summed E-state index contributed by atoms with van der Waals surface area (Å²) in [5, 5.41) is 10.1. The fraction of sp³-hybridized carbons (Fsp3) is 0.625. The van der Waals surface area contributed by atoms with Crippen molar-refractivity contribution < 1.29 is 9.90 Å². The molecule has 1 aromatic rings. The molecule has 1 N–H and O–H groups in total. The number of aliphatic hydroxyl groups is 1. The maximum absolute atomic E-state index is 12.4. The first-order valence-corrected chi connectivity index (χ1v) is 7.75. The van der Waals surface area contributed by atoms with Crippen LogP contribution in [0.4, 0.5) is 0 Å².